The predicted molar refractivity (Wildman–Crippen MR) is 86.0 cm³/mol. The van der Waals surface area contributed by atoms with Gasteiger partial charge < -0.3 is 9.47 Å². The first-order valence-electron chi connectivity index (χ1n) is 6.95. The van der Waals surface area contributed by atoms with Crippen molar-refractivity contribution in [1.82, 2.24) is 0 Å². The van der Waals surface area contributed by atoms with Gasteiger partial charge in [0.2, 0.25) is 0 Å². The van der Waals surface area contributed by atoms with Crippen LogP contribution in [0, 0.1) is 5.82 Å². The first kappa shape index (κ1) is 17.1. The summed E-state index contributed by atoms with van der Waals surface area (Å²) in [6, 6.07) is 10.1. The van der Waals surface area contributed by atoms with Gasteiger partial charge in [-0.05, 0) is 44.2 Å². The molecule has 0 amide bonds. The third kappa shape index (κ3) is 4.13. The molecule has 0 saturated heterocycles. The fourth-order valence-corrected chi connectivity index (χ4v) is 3.01. The van der Waals surface area contributed by atoms with E-state index in [4.69, 9.17) is 9.47 Å². The van der Waals surface area contributed by atoms with E-state index in [-0.39, 0.29) is 22.4 Å². The zero-order chi connectivity index (χ0) is 17.0. The van der Waals surface area contributed by atoms with Crippen molar-refractivity contribution in [3.8, 4) is 11.5 Å². The van der Waals surface area contributed by atoms with Gasteiger partial charge in [-0.25, -0.2) is 12.8 Å². The predicted octanol–water partition coefficient (Wildman–Crippen LogP) is 3.42. The number of para-hydroxylation sites is 2. The summed E-state index contributed by atoms with van der Waals surface area (Å²) in [5.74, 6) is -0.366. The summed E-state index contributed by atoms with van der Waals surface area (Å²) in [4.78, 5) is -0.199. The van der Waals surface area contributed by atoms with Gasteiger partial charge in [0.05, 0.1) is 23.8 Å². The maximum absolute atomic E-state index is 13.7. The van der Waals surface area contributed by atoms with Crippen LogP contribution in [0.1, 0.15) is 13.8 Å². The van der Waals surface area contributed by atoms with Crippen molar-refractivity contribution in [2.75, 3.05) is 11.8 Å². The number of rotatable bonds is 6. The number of anilines is 1. The largest absolute Gasteiger partial charge is 0.494 e. The van der Waals surface area contributed by atoms with E-state index >= 15 is 0 Å². The molecule has 0 unspecified atom stereocenters. The Kier molecular flexibility index (Phi) is 5.10. The first-order chi connectivity index (χ1) is 10.8. The van der Waals surface area contributed by atoms with Gasteiger partial charge >= 0.3 is 0 Å². The number of halogens is 1. The molecule has 0 atom stereocenters. The van der Waals surface area contributed by atoms with Gasteiger partial charge in [0.1, 0.15) is 5.75 Å². The van der Waals surface area contributed by atoms with Crippen LogP contribution >= 0.6 is 0 Å². The molecule has 0 saturated carbocycles. The van der Waals surface area contributed by atoms with E-state index < -0.39 is 15.8 Å². The quantitative estimate of drug-likeness (QED) is 0.876. The number of benzene rings is 2. The topological polar surface area (TPSA) is 64.6 Å². The normalized spacial score (nSPS) is 11.3. The number of ether oxygens (including phenoxy) is 2. The summed E-state index contributed by atoms with van der Waals surface area (Å²) in [6.07, 6.45) is -0.112. The lowest BCUT2D eigenvalue weighted by molar-refractivity contribution is 0.244. The van der Waals surface area contributed by atoms with E-state index in [9.17, 15) is 12.8 Å². The van der Waals surface area contributed by atoms with Gasteiger partial charge in [-0.3, -0.25) is 4.72 Å². The van der Waals surface area contributed by atoms with Crippen LogP contribution in [0.4, 0.5) is 10.1 Å². The van der Waals surface area contributed by atoms with Crippen molar-refractivity contribution in [3.05, 3.63) is 48.3 Å². The summed E-state index contributed by atoms with van der Waals surface area (Å²) in [5, 5.41) is 0. The van der Waals surface area contributed by atoms with Crippen LogP contribution in [-0.4, -0.2) is 21.6 Å². The highest BCUT2D eigenvalue weighted by Crippen LogP contribution is 2.28. The van der Waals surface area contributed by atoms with E-state index in [1.165, 1.54) is 19.2 Å². The molecule has 2 rings (SSSR count). The van der Waals surface area contributed by atoms with Crippen LogP contribution < -0.4 is 14.2 Å². The molecule has 1 N–H and O–H groups in total. The van der Waals surface area contributed by atoms with E-state index in [0.29, 0.717) is 5.75 Å². The first-order valence-corrected chi connectivity index (χ1v) is 8.44. The molecule has 2 aromatic rings. The highest BCUT2D eigenvalue weighted by atomic mass is 32.2. The molecule has 23 heavy (non-hydrogen) atoms. The van der Waals surface area contributed by atoms with Crippen molar-refractivity contribution >= 4 is 15.7 Å². The Morgan fingerprint density at radius 1 is 1.09 bits per heavy atom. The highest BCUT2D eigenvalue weighted by molar-refractivity contribution is 7.92. The lowest BCUT2D eigenvalue weighted by Gasteiger charge is -2.15. The van der Waals surface area contributed by atoms with Gasteiger partial charge in [0, 0.05) is 0 Å². The van der Waals surface area contributed by atoms with E-state index in [2.05, 4.69) is 4.72 Å². The molecule has 0 aliphatic heterocycles. The lowest BCUT2D eigenvalue weighted by Crippen LogP contribution is -2.15. The molecule has 0 heterocycles. The average Bonchev–Trinajstić information content (AvgIpc) is 2.48. The van der Waals surface area contributed by atoms with Crippen molar-refractivity contribution in [1.29, 1.82) is 0 Å². The summed E-state index contributed by atoms with van der Waals surface area (Å²) >= 11 is 0. The maximum atomic E-state index is 13.7. The molecule has 0 bridgehead atoms. The zero-order valence-electron chi connectivity index (χ0n) is 13.0. The second-order valence-corrected chi connectivity index (χ2v) is 6.75. The molecule has 2 aromatic carbocycles. The van der Waals surface area contributed by atoms with Crippen molar-refractivity contribution < 1.29 is 22.3 Å². The van der Waals surface area contributed by atoms with Gasteiger partial charge in [0.15, 0.2) is 11.6 Å². The molecular formula is C16H18FNO4S. The molecular weight excluding hydrogens is 321 g/mol. The van der Waals surface area contributed by atoms with Crippen molar-refractivity contribution in [2.45, 2.75) is 24.8 Å². The molecule has 0 aliphatic carbocycles. The third-order valence-corrected chi connectivity index (χ3v) is 4.29. The smallest absolute Gasteiger partial charge is 0.262 e. The van der Waals surface area contributed by atoms with E-state index in [1.54, 1.807) is 24.3 Å². The van der Waals surface area contributed by atoms with Crippen LogP contribution in [0.5, 0.6) is 11.5 Å². The minimum atomic E-state index is -3.94. The van der Waals surface area contributed by atoms with Crippen LogP contribution in [0.25, 0.3) is 0 Å². The molecule has 5 nitrogen and oxygen atoms in total. The molecule has 0 radical (unpaired) electrons. The minimum absolute atomic E-state index is 0.0208. The Bertz CT molecular complexity index is 790. The number of hydrogen-bond acceptors (Lipinski definition) is 4. The van der Waals surface area contributed by atoms with Crippen molar-refractivity contribution in [3.63, 3.8) is 0 Å². The number of hydrogen-bond donors (Lipinski definition) is 1. The minimum Gasteiger partial charge on any atom is -0.494 e. The SMILES string of the molecule is COc1ccc(S(=O)(=O)Nc2ccccc2OC(C)C)cc1F. The fourth-order valence-electron chi connectivity index (χ4n) is 1.93. The summed E-state index contributed by atoms with van der Waals surface area (Å²) in [7, 11) is -2.63. The van der Waals surface area contributed by atoms with Crippen LogP contribution in [0.15, 0.2) is 47.4 Å². The molecule has 0 spiro atoms. The van der Waals surface area contributed by atoms with E-state index in [0.717, 1.165) is 6.07 Å². The number of sulfonamides is 1. The van der Waals surface area contributed by atoms with Gasteiger partial charge in [-0.15, -0.1) is 0 Å². The molecule has 7 heteroatoms. The Balaban J connectivity index is 2.34. The summed E-state index contributed by atoms with van der Waals surface area (Å²) in [5.41, 5.74) is 0.289. The van der Waals surface area contributed by atoms with Crippen molar-refractivity contribution in [2.24, 2.45) is 0 Å². The molecule has 124 valence electrons. The fraction of sp³-hybridized carbons (Fsp3) is 0.250. The lowest BCUT2D eigenvalue weighted by atomic mass is 10.3. The molecule has 0 aliphatic rings. The van der Waals surface area contributed by atoms with Gasteiger partial charge in [-0.1, -0.05) is 12.1 Å². The zero-order valence-corrected chi connectivity index (χ0v) is 13.9. The Hall–Kier alpha value is -2.28. The Morgan fingerprint density at radius 2 is 1.78 bits per heavy atom. The second kappa shape index (κ2) is 6.87. The Labute approximate surface area is 135 Å². The van der Waals surface area contributed by atoms with Crippen LogP contribution in [0.3, 0.4) is 0 Å². The van der Waals surface area contributed by atoms with Crippen LogP contribution in [0.2, 0.25) is 0 Å². The molecule has 0 aromatic heterocycles. The summed E-state index contributed by atoms with van der Waals surface area (Å²) < 4.78 is 51.3. The van der Waals surface area contributed by atoms with Gasteiger partial charge in [0.25, 0.3) is 10.0 Å². The number of nitrogens with one attached hydrogen (secondary N) is 1. The third-order valence-electron chi connectivity index (χ3n) is 2.93. The number of methoxy groups -OCH3 is 1. The maximum Gasteiger partial charge on any atom is 0.262 e. The highest BCUT2D eigenvalue weighted by Gasteiger charge is 2.19. The summed E-state index contributed by atoms with van der Waals surface area (Å²) in [6.45, 7) is 3.67. The second-order valence-electron chi connectivity index (χ2n) is 5.06. The standard InChI is InChI=1S/C16H18FNO4S/c1-11(2)22-16-7-5-4-6-14(16)18-23(19,20)12-8-9-15(21-3)13(17)10-12/h4-11,18H,1-3H3. The Morgan fingerprint density at radius 3 is 2.39 bits per heavy atom. The molecule has 0 fully saturated rings. The average molecular weight is 339 g/mol. The van der Waals surface area contributed by atoms with Crippen LogP contribution in [-0.2, 0) is 10.0 Å². The monoisotopic (exact) mass is 339 g/mol. The van der Waals surface area contributed by atoms with Gasteiger partial charge in [-0.2, -0.15) is 0 Å². The van der Waals surface area contributed by atoms with E-state index in [1.807, 2.05) is 13.8 Å².